The summed E-state index contributed by atoms with van der Waals surface area (Å²) < 4.78 is 24.1. The first kappa shape index (κ1) is 13.3. The monoisotopic (exact) mass is 208 g/mol. The molecule has 0 fully saturated rings. The van der Waals surface area contributed by atoms with Gasteiger partial charge in [-0.05, 0) is 20.8 Å². The number of hydrogen-bond donors (Lipinski definition) is 1. The van der Waals surface area contributed by atoms with Crippen molar-refractivity contribution >= 4 is 5.91 Å². The molecule has 0 aliphatic carbocycles. The molecule has 0 radical (unpaired) electrons. The lowest BCUT2D eigenvalue weighted by molar-refractivity contribution is -0.130. The first-order valence-corrected chi connectivity index (χ1v) is 4.82. The van der Waals surface area contributed by atoms with Gasteiger partial charge in [0.15, 0.2) is 0 Å². The molecule has 0 spiro atoms. The number of nitrogens with zero attached hydrogens (tertiary/aromatic N) is 1. The highest BCUT2D eigenvalue weighted by Gasteiger charge is 2.16. The van der Waals surface area contributed by atoms with E-state index in [1.54, 1.807) is 4.90 Å². The van der Waals surface area contributed by atoms with Crippen LogP contribution in [0, 0.1) is 0 Å². The fraction of sp³-hybridized carbons (Fsp3) is 0.889. The highest BCUT2D eigenvalue weighted by Crippen LogP contribution is 1.99. The average molecular weight is 208 g/mol. The number of amides is 1. The number of alkyl halides is 2. The maximum atomic E-state index is 12.1. The molecule has 14 heavy (non-hydrogen) atoms. The zero-order valence-electron chi connectivity index (χ0n) is 8.89. The zero-order valence-corrected chi connectivity index (χ0v) is 8.89. The van der Waals surface area contributed by atoms with Gasteiger partial charge in [0.1, 0.15) is 0 Å². The van der Waals surface area contributed by atoms with Gasteiger partial charge < -0.3 is 10.2 Å². The highest BCUT2D eigenvalue weighted by atomic mass is 19.3. The third kappa shape index (κ3) is 4.50. The van der Waals surface area contributed by atoms with E-state index < -0.39 is 12.5 Å². The molecule has 1 N–H and O–H groups in total. The molecule has 0 aromatic heterocycles. The Bertz CT molecular complexity index is 172. The molecule has 0 aromatic rings. The largest absolute Gasteiger partial charge is 0.342 e. The number of rotatable bonds is 6. The molecule has 1 unspecified atom stereocenters. The van der Waals surface area contributed by atoms with E-state index in [2.05, 4.69) is 5.32 Å². The Balaban J connectivity index is 3.83. The molecule has 84 valence electrons. The normalized spacial score (nSPS) is 13.0. The molecular weight excluding hydrogens is 190 g/mol. The van der Waals surface area contributed by atoms with E-state index in [0.29, 0.717) is 13.1 Å². The summed E-state index contributed by atoms with van der Waals surface area (Å²) >= 11 is 0. The Hall–Kier alpha value is -0.710. The lowest BCUT2D eigenvalue weighted by Gasteiger charge is -2.20. The molecule has 0 aliphatic heterocycles. The topological polar surface area (TPSA) is 32.3 Å². The summed E-state index contributed by atoms with van der Waals surface area (Å²) in [5.74, 6) is -0.137. The van der Waals surface area contributed by atoms with Crippen molar-refractivity contribution in [2.45, 2.75) is 33.2 Å². The zero-order chi connectivity index (χ0) is 11.1. The van der Waals surface area contributed by atoms with E-state index in [1.807, 2.05) is 13.8 Å². The van der Waals surface area contributed by atoms with Crippen LogP contribution in [0.4, 0.5) is 8.78 Å². The molecule has 3 nitrogen and oxygen atoms in total. The summed E-state index contributed by atoms with van der Waals surface area (Å²) in [4.78, 5) is 13.0. The van der Waals surface area contributed by atoms with E-state index in [0.717, 1.165) is 0 Å². The van der Waals surface area contributed by atoms with Gasteiger partial charge in [0.25, 0.3) is 6.43 Å². The van der Waals surface area contributed by atoms with Crippen LogP contribution < -0.4 is 5.32 Å². The lowest BCUT2D eigenvalue weighted by Crippen LogP contribution is -2.42. The maximum Gasteiger partial charge on any atom is 0.253 e. The predicted octanol–water partition coefficient (Wildman–Crippen LogP) is 1.10. The fourth-order valence-electron chi connectivity index (χ4n) is 1.03. The second-order valence-corrected chi connectivity index (χ2v) is 3.07. The van der Waals surface area contributed by atoms with Crippen molar-refractivity contribution in [1.82, 2.24) is 10.2 Å². The van der Waals surface area contributed by atoms with Crippen LogP contribution in [0.5, 0.6) is 0 Å². The van der Waals surface area contributed by atoms with Gasteiger partial charge in [0.05, 0.1) is 12.6 Å². The van der Waals surface area contributed by atoms with Crippen molar-refractivity contribution < 1.29 is 13.6 Å². The molecule has 0 heterocycles. The van der Waals surface area contributed by atoms with Crippen molar-refractivity contribution in [3.63, 3.8) is 0 Å². The standard InChI is InChI=1S/C9H18F2N2O/c1-4-13(5-2)8(14)6-12-7(3)9(10)11/h7,9,12H,4-6H2,1-3H3. The Kier molecular flexibility index (Phi) is 6.36. The van der Waals surface area contributed by atoms with Crippen LogP contribution in [0.2, 0.25) is 0 Å². The van der Waals surface area contributed by atoms with E-state index >= 15 is 0 Å². The van der Waals surface area contributed by atoms with Gasteiger partial charge >= 0.3 is 0 Å². The van der Waals surface area contributed by atoms with Crippen molar-refractivity contribution in [2.75, 3.05) is 19.6 Å². The van der Waals surface area contributed by atoms with E-state index in [1.165, 1.54) is 6.92 Å². The van der Waals surface area contributed by atoms with Crippen LogP contribution in [0.3, 0.4) is 0 Å². The van der Waals surface area contributed by atoms with Crippen molar-refractivity contribution in [3.05, 3.63) is 0 Å². The first-order chi connectivity index (χ1) is 6.52. The van der Waals surface area contributed by atoms with Crippen molar-refractivity contribution in [2.24, 2.45) is 0 Å². The number of likely N-dealkylation sites (N-methyl/N-ethyl adjacent to an activating group) is 1. The second kappa shape index (κ2) is 6.70. The minimum Gasteiger partial charge on any atom is -0.342 e. The van der Waals surface area contributed by atoms with Crippen LogP contribution in [0.25, 0.3) is 0 Å². The number of carbonyl (C=O) groups is 1. The summed E-state index contributed by atoms with van der Waals surface area (Å²) in [6.07, 6.45) is -2.43. The summed E-state index contributed by atoms with van der Waals surface area (Å²) in [5.41, 5.74) is 0. The molecule has 0 saturated heterocycles. The Morgan fingerprint density at radius 3 is 2.21 bits per heavy atom. The minimum absolute atomic E-state index is 0.0206. The van der Waals surface area contributed by atoms with Gasteiger partial charge in [-0.25, -0.2) is 8.78 Å². The van der Waals surface area contributed by atoms with Crippen LogP contribution in [0.15, 0.2) is 0 Å². The van der Waals surface area contributed by atoms with E-state index in [9.17, 15) is 13.6 Å². The van der Waals surface area contributed by atoms with Crippen molar-refractivity contribution in [3.8, 4) is 0 Å². The van der Waals surface area contributed by atoms with Gasteiger partial charge in [0.2, 0.25) is 5.91 Å². The van der Waals surface area contributed by atoms with Crippen molar-refractivity contribution in [1.29, 1.82) is 0 Å². The lowest BCUT2D eigenvalue weighted by atomic mass is 10.3. The SMILES string of the molecule is CCN(CC)C(=O)CNC(C)C(F)F. The van der Waals surface area contributed by atoms with Gasteiger partial charge in [0, 0.05) is 13.1 Å². The summed E-state index contributed by atoms with van der Waals surface area (Å²) in [6, 6.07) is -0.936. The molecule has 0 rings (SSSR count). The number of halogens is 2. The van der Waals surface area contributed by atoms with Crippen LogP contribution in [-0.4, -0.2) is 42.9 Å². The number of nitrogens with one attached hydrogen (secondary N) is 1. The van der Waals surface area contributed by atoms with E-state index in [4.69, 9.17) is 0 Å². The van der Waals surface area contributed by atoms with E-state index in [-0.39, 0.29) is 12.5 Å². The van der Waals surface area contributed by atoms with Crippen LogP contribution in [0.1, 0.15) is 20.8 Å². The van der Waals surface area contributed by atoms with Gasteiger partial charge in [-0.3, -0.25) is 4.79 Å². The molecular formula is C9H18F2N2O. The van der Waals surface area contributed by atoms with Gasteiger partial charge in [-0.15, -0.1) is 0 Å². The minimum atomic E-state index is -2.43. The smallest absolute Gasteiger partial charge is 0.253 e. The molecule has 0 bridgehead atoms. The van der Waals surface area contributed by atoms with Gasteiger partial charge in [-0.2, -0.15) is 0 Å². The molecule has 0 aliphatic rings. The molecule has 0 saturated carbocycles. The molecule has 5 heteroatoms. The van der Waals surface area contributed by atoms with Crippen LogP contribution in [-0.2, 0) is 4.79 Å². The third-order valence-electron chi connectivity index (χ3n) is 2.07. The maximum absolute atomic E-state index is 12.1. The van der Waals surface area contributed by atoms with Crippen LogP contribution >= 0.6 is 0 Å². The number of hydrogen-bond acceptors (Lipinski definition) is 2. The number of carbonyl (C=O) groups excluding carboxylic acids is 1. The predicted molar refractivity (Wildman–Crippen MR) is 51.4 cm³/mol. The average Bonchev–Trinajstić information content (AvgIpc) is 2.15. The molecule has 1 amide bonds. The summed E-state index contributed by atoms with van der Waals surface area (Å²) in [7, 11) is 0. The summed E-state index contributed by atoms with van der Waals surface area (Å²) in [5, 5.41) is 2.49. The highest BCUT2D eigenvalue weighted by molar-refractivity contribution is 5.78. The first-order valence-electron chi connectivity index (χ1n) is 4.82. The second-order valence-electron chi connectivity index (χ2n) is 3.07. The quantitative estimate of drug-likeness (QED) is 0.709. The Morgan fingerprint density at radius 1 is 1.36 bits per heavy atom. The Morgan fingerprint density at radius 2 is 1.86 bits per heavy atom. The summed E-state index contributed by atoms with van der Waals surface area (Å²) in [6.45, 7) is 6.28. The Labute approximate surface area is 83.5 Å². The molecule has 0 aromatic carbocycles. The molecule has 1 atom stereocenters. The van der Waals surface area contributed by atoms with Gasteiger partial charge in [-0.1, -0.05) is 0 Å². The fourth-order valence-corrected chi connectivity index (χ4v) is 1.03. The third-order valence-corrected chi connectivity index (χ3v) is 2.07.